The fourth-order valence-electron chi connectivity index (χ4n) is 5.15. The Hall–Kier alpha value is -3.39. The van der Waals surface area contributed by atoms with Crippen molar-refractivity contribution in [2.75, 3.05) is 0 Å². The average Bonchev–Trinajstić information content (AvgIpc) is 3.24. The van der Waals surface area contributed by atoms with Gasteiger partial charge in [-0.1, -0.05) is 60.2 Å². The van der Waals surface area contributed by atoms with E-state index < -0.39 is 0 Å². The summed E-state index contributed by atoms with van der Waals surface area (Å²) in [7, 11) is 0. The van der Waals surface area contributed by atoms with Gasteiger partial charge in [-0.3, -0.25) is 4.57 Å². The van der Waals surface area contributed by atoms with Gasteiger partial charge in [-0.2, -0.15) is 0 Å². The normalized spacial score (nSPS) is 18.0. The first kappa shape index (κ1) is 19.3. The number of hydrogen-bond donors (Lipinski definition) is 0. The third-order valence-corrected chi connectivity index (χ3v) is 6.99. The van der Waals surface area contributed by atoms with Crippen LogP contribution >= 0.6 is 0 Å². The molecule has 2 heteroatoms. The summed E-state index contributed by atoms with van der Waals surface area (Å²) in [6.07, 6.45) is 20.7. The Morgan fingerprint density at radius 2 is 1.53 bits per heavy atom. The molecular weight excluding hydrogens is 388 g/mol. The predicted octanol–water partition coefficient (Wildman–Crippen LogP) is 6.29. The van der Waals surface area contributed by atoms with E-state index in [1.54, 1.807) is 0 Å². The van der Waals surface area contributed by atoms with Gasteiger partial charge in [-0.15, -0.1) is 0 Å². The lowest BCUT2D eigenvalue weighted by Gasteiger charge is -2.21. The van der Waals surface area contributed by atoms with Crippen molar-refractivity contribution in [3.05, 3.63) is 93.9 Å². The second-order valence-electron chi connectivity index (χ2n) is 9.14. The molecule has 1 aromatic heterocycles. The third-order valence-electron chi connectivity index (χ3n) is 6.99. The number of benzene rings is 2. The number of para-hydroxylation sites is 2. The van der Waals surface area contributed by atoms with Crippen LogP contribution in [0.1, 0.15) is 45.4 Å². The number of allylic oxidation sites excluding steroid dienone is 8. The summed E-state index contributed by atoms with van der Waals surface area (Å²) >= 11 is 0. The van der Waals surface area contributed by atoms with Crippen molar-refractivity contribution in [1.82, 2.24) is 9.55 Å². The van der Waals surface area contributed by atoms with Gasteiger partial charge < -0.3 is 0 Å². The summed E-state index contributed by atoms with van der Waals surface area (Å²) in [6, 6.07) is 15.3. The molecule has 0 amide bonds. The fourth-order valence-corrected chi connectivity index (χ4v) is 5.15. The number of nitrogens with zero attached hydrogens (tertiary/aromatic N) is 2. The summed E-state index contributed by atoms with van der Waals surface area (Å²) in [4.78, 5) is 5.08. The molecule has 0 bridgehead atoms. The van der Waals surface area contributed by atoms with Crippen molar-refractivity contribution in [2.45, 2.75) is 45.4 Å². The van der Waals surface area contributed by atoms with Gasteiger partial charge >= 0.3 is 0 Å². The minimum atomic E-state index is 1.03. The molecule has 3 aliphatic rings. The largest absolute Gasteiger partial charge is 0.296 e. The molecule has 0 N–H and O–H groups in total. The van der Waals surface area contributed by atoms with Crippen molar-refractivity contribution in [3.8, 4) is 11.4 Å². The molecule has 0 saturated carbocycles. The molecule has 0 unspecified atom stereocenters. The van der Waals surface area contributed by atoms with E-state index in [4.69, 9.17) is 4.98 Å². The number of rotatable bonds is 3. The van der Waals surface area contributed by atoms with Crippen LogP contribution in [-0.4, -0.2) is 9.55 Å². The number of fused-ring (bicyclic) bond motifs is 2. The molecule has 0 fully saturated rings. The fraction of sp³-hybridized carbons (Fsp3) is 0.233. The van der Waals surface area contributed by atoms with Crippen molar-refractivity contribution in [3.63, 3.8) is 0 Å². The van der Waals surface area contributed by atoms with Crippen molar-refractivity contribution in [1.29, 1.82) is 0 Å². The van der Waals surface area contributed by atoms with E-state index in [0.29, 0.717) is 0 Å². The van der Waals surface area contributed by atoms with Crippen molar-refractivity contribution >= 4 is 28.9 Å². The van der Waals surface area contributed by atoms with Gasteiger partial charge in [0.1, 0.15) is 5.82 Å². The summed E-state index contributed by atoms with van der Waals surface area (Å²) in [5, 5.41) is 2.68. The monoisotopic (exact) mass is 416 g/mol. The minimum absolute atomic E-state index is 1.03. The van der Waals surface area contributed by atoms with Crippen molar-refractivity contribution < 1.29 is 0 Å². The molecule has 0 saturated heterocycles. The second kappa shape index (κ2) is 7.94. The van der Waals surface area contributed by atoms with Gasteiger partial charge in [0.15, 0.2) is 0 Å². The molecule has 6 rings (SSSR count). The SMILES string of the molecule is CC1=CC=C(C2=CC=C(n3c(-c4ccc5c(c4)=CCCC=5)nc4ccccc43)CC2)CC1. The third kappa shape index (κ3) is 3.40. The van der Waals surface area contributed by atoms with Gasteiger partial charge in [-0.25, -0.2) is 4.98 Å². The van der Waals surface area contributed by atoms with Crippen LogP contribution in [0.25, 0.3) is 40.3 Å². The van der Waals surface area contributed by atoms with E-state index >= 15 is 0 Å². The predicted molar refractivity (Wildman–Crippen MR) is 135 cm³/mol. The van der Waals surface area contributed by atoms with Crippen LogP contribution in [0.4, 0.5) is 0 Å². The number of imidazole rings is 1. The second-order valence-corrected chi connectivity index (χ2v) is 9.14. The molecule has 0 spiro atoms. The highest BCUT2D eigenvalue weighted by atomic mass is 15.1. The smallest absolute Gasteiger partial charge is 0.145 e. The molecule has 2 aromatic carbocycles. The quantitative estimate of drug-likeness (QED) is 0.491. The van der Waals surface area contributed by atoms with Gasteiger partial charge in [0.2, 0.25) is 0 Å². The van der Waals surface area contributed by atoms with Crippen LogP contribution in [0, 0.1) is 0 Å². The maximum Gasteiger partial charge on any atom is 0.145 e. The number of aromatic nitrogens is 2. The van der Waals surface area contributed by atoms with Gasteiger partial charge in [0.05, 0.1) is 11.0 Å². The zero-order chi connectivity index (χ0) is 21.5. The van der Waals surface area contributed by atoms with Crippen LogP contribution in [0.5, 0.6) is 0 Å². The first-order valence-electron chi connectivity index (χ1n) is 11.8. The van der Waals surface area contributed by atoms with E-state index in [-0.39, 0.29) is 0 Å². The Bertz CT molecular complexity index is 1470. The molecule has 0 radical (unpaired) electrons. The summed E-state index contributed by atoms with van der Waals surface area (Å²) in [6.45, 7) is 2.22. The van der Waals surface area contributed by atoms with Crippen LogP contribution in [0.3, 0.4) is 0 Å². The lowest BCUT2D eigenvalue weighted by molar-refractivity contribution is 0.859. The van der Waals surface area contributed by atoms with Crippen molar-refractivity contribution in [2.24, 2.45) is 0 Å². The maximum absolute atomic E-state index is 5.08. The summed E-state index contributed by atoms with van der Waals surface area (Å²) in [5.74, 6) is 1.05. The highest BCUT2D eigenvalue weighted by Gasteiger charge is 2.19. The Kier molecular flexibility index (Phi) is 4.79. The Labute approximate surface area is 189 Å². The molecule has 3 aliphatic carbocycles. The average molecular weight is 417 g/mol. The number of hydrogen-bond acceptors (Lipinski definition) is 1. The highest BCUT2D eigenvalue weighted by Crippen LogP contribution is 2.35. The molecule has 1 heterocycles. The minimum Gasteiger partial charge on any atom is -0.296 e. The Morgan fingerprint density at radius 3 is 2.31 bits per heavy atom. The zero-order valence-corrected chi connectivity index (χ0v) is 18.6. The lowest BCUT2D eigenvalue weighted by atomic mass is 9.89. The standard InChI is InChI=1S/C30H28N2/c1-21-10-12-23(13-11-21)24-16-18-27(19-17-24)32-29-9-5-4-8-28(29)31-30(32)26-15-14-22-6-2-3-7-25(22)20-26/h4-10,12,14-16,18,20H,2-3,11,13,17,19H2,1H3. The highest BCUT2D eigenvalue weighted by molar-refractivity contribution is 5.85. The molecule has 2 nitrogen and oxygen atoms in total. The molecule has 0 aliphatic heterocycles. The molecule has 0 atom stereocenters. The first-order chi connectivity index (χ1) is 15.8. The van der Waals surface area contributed by atoms with E-state index in [9.17, 15) is 0 Å². The molecule has 32 heavy (non-hydrogen) atoms. The van der Waals surface area contributed by atoms with Crippen LogP contribution in [0.2, 0.25) is 0 Å². The first-order valence-corrected chi connectivity index (χ1v) is 11.8. The van der Waals surface area contributed by atoms with Gasteiger partial charge in [0.25, 0.3) is 0 Å². The van der Waals surface area contributed by atoms with Gasteiger partial charge in [-0.05, 0) is 91.3 Å². The maximum atomic E-state index is 5.08. The van der Waals surface area contributed by atoms with Crippen LogP contribution < -0.4 is 10.4 Å². The van der Waals surface area contributed by atoms with E-state index in [1.165, 1.54) is 56.8 Å². The van der Waals surface area contributed by atoms with E-state index in [1.807, 2.05) is 0 Å². The van der Waals surface area contributed by atoms with E-state index in [0.717, 1.165) is 37.0 Å². The van der Waals surface area contributed by atoms with Gasteiger partial charge in [0, 0.05) is 11.3 Å². The Balaban J connectivity index is 1.47. The van der Waals surface area contributed by atoms with E-state index in [2.05, 4.69) is 90.4 Å². The molecule has 3 aromatic rings. The van der Waals surface area contributed by atoms with Crippen LogP contribution in [0.15, 0.2) is 83.5 Å². The topological polar surface area (TPSA) is 17.8 Å². The summed E-state index contributed by atoms with van der Waals surface area (Å²) in [5.41, 5.74) is 9.24. The summed E-state index contributed by atoms with van der Waals surface area (Å²) < 4.78 is 2.39. The van der Waals surface area contributed by atoms with Crippen LogP contribution in [-0.2, 0) is 0 Å². The zero-order valence-electron chi connectivity index (χ0n) is 18.6. The molecule has 158 valence electrons. The Morgan fingerprint density at radius 1 is 0.750 bits per heavy atom. The molecular formula is C30H28N2. The lowest BCUT2D eigenvalue weighted by Crippen LogP contribution is -2.26.